The third-order valence-corrected chi connectivity index (χ3v) is 9.74. The maximum atomic E-state index is 13.3. The molecule has 1 aromatic heterocycles. The number of rotatable bonds is 15. The monoisotopic (exact) mass is 685 g/mol. The highest BCUT2D eigenvalue weighted by Gasteiger charge is 2.41. The average molecular weight is 686 g/mol. The van der Waals surface area contributed by atoms with Crippen molar-refractivity contribution in [1.29, 1.82) is 0 Å². The van der Waals surface area contributed by atoms with Gasteiger partial charge in [-0.1, -0.05) is 38.1 Å². The molecule has 4 rings (SSSR count). The number of aliphatic hydroxyl groups excluding tert-OH is 1. The van der Waals surface area contributed by atoms with E-state index in [-0.39, 0.29) is 25.0 Å². The Morgan fingerprint density at radius 1 is 1.12 bits per heavy atom. The number of nitrogens with zero attached hydrogens (tertiary/aromatic N) is 3. The number of aliphatic hydroxyl groups is 1. The van der Waals surface area contributed by atoms with Crippen molar-refractivity contribution < 1.29 is 33.8 Å². The SMILES string of the molecule is Cc1ncsc1-c1ccc(CNC(=O)[C@@H]2C[C@@H](O)CN2CC(C)(C)[C@@H](C=O)NC(=O)COCCCC2CN(C(=O)OC(C)(C)C)C2)cc1. The Bertz CT molecular complexity index is 1400. The molecule has 48 heavy (non-hydrogen) atoms. The summed E-state index contributed by atoms with van der Waals surface area (Å²) in [6.07, 6.45) is 1.67. The van der Waals surface area contributed by atoms with Gasteiger partial charge in [-0.25, -0.2) is 9.78 Å². The van der Waals surface area contributed by atoms with E-state index in [1.807, 2.05) is 76.2 Å². The predicted octanol–water partition coefficient (Wildman–Crippen LogP) is 3.54. The lowest BCUT2D eigenvalue weighted by atomic mass is 9.84. The number of carbonyl (C=O) groups excluding carboxylic acids is 4. The number of aldehydes is 1. The second kappa shape index (κ2) is 16.3. The molecule has 3 atom stereocenters. The summed E-state index contributed by atoms with van der Waals surface area (Å²) < 4.78 is 11.0. The van der Waals surface area contributed by atoms with Gasteiger partial charge in [0.05, 0.1) is 34.3 Å². The van der Waals surface area contributed by atoms with Crippen LogP contribution in [0.1, 0.15) is 65.1 Å². The molecule has 2 aliphatic heterocycles. The number of aromatic nitrogens is 1. The van der Waals surface area contributed by atoms with E-state index in [4.69, 9.17) is 9.47 Å². The quantitative estimate of drug-likeness (QED) is 0.189. The molecule has 2 aromatic rings. The highest BCUT2D eigenvalue weighted by Crippen LogP contribution is 2.29. The van der Waals surface area contributed by atoms with Crippen LogP contribution >= 0.6 is 11.3 Å². The van der Waals surface area contributed by atoms with Crippen LogP contribution < -0.4 is 10.6 Å². The van der Waals surface area contributed by atoms with Crippen molar-refractivity contribution in [1.82, 2.24) is 25.4 Å². The third-order valence-electron chi connectivity index (χ3n) is 8.76. The highest BCUT2D eigenvalue weighted by molar-refractivity contribution is 7.13. The van der Waals surface area contributed by atoms with E-state index in [0.29, 0.717) is 51.5 Å². The van der Waals surface area contributed by atoms with Gasteiger partial charge in [0.2, 0.25) is 11.8 Å². The van der Waals surface area contributed by atoms with Crippen LogP contribution in [0.15, 0.2) is 29.8 Å². The fraction of sp³-hybridized carbons (Fsp3) is 0.629. The van der Waals surface area contributed by atoms with Gasteiger partial charge < -0.3 is 34.9 Å². The molecule has 2 aliphatic rings. The van der Waals surface area contributed by atoms with E-state index in [1.165, 1.54) is 0 Å². The molecule has 0 saturated carbocycles. The first-order valence-corrected chi connectivity index (χ1v) is 17.5. The normalized spacial score (nSPS) is 19.4. The average Bonchev–Trinajstić information content (AvgIpc) is 3.58. The molecule has 0 radical (unpaired) electrons. The summed E-state index contributed by atoms with van der Waals surface area (Å²) in [7, 11) is 0. The van der Waals surface area contributed by atoms with Crippen LogP contribution in [0.2, 0.25) is 0 Å². The molecular weight excluding hydrogens is 634 g/mol. The number of aryl methyl sites for hydroxylation is 1. The Labute approximate surface area is 287 Å². The lowest BCUT2D eigenvalue weighted by molar-refractivity contribution is -0.130. The summed E-state index contributed by atoms with van der Waals surface area (Å²) in [5.74, 6) is -0.202. The van der Waals surface area contributed by atoms with Gasteiger partial charge in [0, 0.05) is 44.7 Å². The Morgan fingerprint density at radius 2 is 1.83 bits per heavy atom. The van der Waals surface area contributed by atoms with Crippen LogP contribution in [-0.2, 0) is 30.4 Å². The summed E-state index contributed by atoms with van der Waals surface area (Å²) in [6, 6.07) is 6.63. The van der Waals surface area contributed by atoms with E-state index in [1.54, 1.807) is 16.2 Å². The zero-order valence-corrected chi connectivity index (χ0v) is 29.8. The fourth-order valence-corrected chi connectivity index (χ4v) is 6.92. The number of carbonyl (C=O) groups is 4. The molecule has 3 heterocycles. The number of hydrogen-bond acceptors (Lipinski definition) is 10. The van der Waals surface area contributed by atoms with E-state index >= 15 is 0 Å². The molecule has 12 nitrogen and oxygen atoms in total. The van der Waals surface area contributed by atoms with Crippen molar-refractivity contribution in [2.24, 2.45) is 11.3 Å². The number of hydrogen-bond donors (Lipinski definition) is 3. The summed E-state index contributed by atoms with van der Waals surface area (Å²) in [5.41, 5.74) is 3.61. The van der Waals surface area contributed by atoms with Crippen LogP contribution in [0.4, 0.5) is 4.79 Å². The van der Waals surface area contributed by atoms with Gasteiger partial charge in [-0.3, -0.25) is 14.5 Å². The van der Waals surface area contributed by atoms with Crippen molar-refractivity contribution in [3.8, 4) is 10.4 Å². The third kappa shape index (κ3) is 10.6. The Morgan fingerprint density at radius 3 is 2.46 bits per heavy atom. The van der Waals surface area contributed by atoms with Gasteiger partial charge >= 0.3 is 6.09 Å². The van der Waals surface area contributed by atoms with Crippen molar-refractivity contribution >= 4 is 35.5 Å². The summed E-state index contributed by atoms with van der Waals surface area (Å²) in [5, 5.41) is 16.2. The van der Waals surface area contributed by atoms with Crippen LogP contribution in [-0.4, -0.2) is 107 Å². The standard InChI is InChI=1S/C35H51N5O7S/c1-23-31(48-22-37-23)26-11-9-24(10-12-26)15-36-32(44)28-14-27(42)18-40(28)21-35(5,6)29(19-41)38-30(43)20-46-13-7-8-25-16-39(17-25)33(45)47-34(2,3)4/h9-12,19,22,25,27-29,42H,7-8,13-18,20-21H2,1-6H3,(H,36,44)(H,38,43)/t27-,28+,29-/m1/s1. The van der Waals surface area contributed by atoms with Gasteiger partial charge in [0.25, 0.3) is 0 Å². The molecular formula is C35H51N5O7S. The van der Waals surface area contributed by atoms with Gasteiger partial charge in [-0.15, -0.1) is 11.3 Å². The van der Waals surface area contributed by atoms with E-state index in [2.05, 4.69) is 15.6 Å². The first kappa shape index (κ1) is 37.4. The Hall–Kier alpha value is -3.39. The molecule has 3 amide bonds. The number of nitrogens with one attached hydrogen (secondary N) is 2. The lowest BCUT2D eigenvalue weighted by Crippen LogP contribution is -2.54. The number of likely N-dealkylation sites (tertiary alicyclic amines) is 2. The molecule has 1 aromatic carbocycles. The number of ether oxygens (including phenoxy) is 2. The molecule has 264 valence electrons. The molecule has 0 unspecified atom stereocenters. The minimum Gasteiger partial charge on any atom is -0.444 e. The first-order chi connectivity index (χ1) is 22.6. The topological polar surface area (TPSA) is 150 Å². The van der Waals surface area contributed by atoms with Crippen molar-refractivity contribution in [3.05, 3.63) is 41.0 Å². The minimum absolute atomic E-state index is 0.173. The smallest absolute Gasteiger partial charge is 0.410 e. The number of benzene rings is 1. The predicted molar refractivity (Wildman–Crippen MR) is 183 cm³/mol. The summed E-state index contributed by atoms with van der Waals surface area (Å²) in [6.45, 7) is 13.7. The van der Waals surface area contributed by atoms with Crippen molar-refractivity contribution in [2.45, 2.75) is 91.1 Å². The van der Waals surface area contributed by atoms with Crippen molar-refractivity contribution in [2.75, 3.05) is 39.4 Å². The lowest BCUT2D eigenvalue weighted by Gasteiger charge is -2.39. The van der Waals surface area contributed by atoms with E-state index < -0.39 is 35.1 Å². The molecule has 0 spiro atoms. The number of amides is 3. The minimum atomic E-state index is -0.815. The van der Waals surface area contributed by atoms with Gasteiger partial charge in [-0.2, -0.15) is 0 Å². The van der Waals surface area contributed by atoms with Gasteiger partial charge in [-0.05, 0) is 64.0 Å². The van der Waals surface area contributed by atoms with Crippen LogP contribution in [0, 0.1) is 18.3 Å². The Balaban J connectivity index is 1.17. The molecule has 13 heteroatoms. The molecule has 3 N–H and O–H groups in total. The zero-order chi connectivity index (χ0) is 35.1. The second-order valence-corrected chi connectivity index (χ2v) is 15.5. The summed E-state index contributed by atoms with van der Waals surface area (Å²) >= 11 is 1.59. The van der Waals surface area contributed by atoms with Crippen LogP contribution in [0.3, 0.4) is 0 Å². The molecule has 2 saturated heterocycles. The largest absolute Gasteiger partial charge is 0.444 e. The number of β-amino-alcohol motifs (C(OH)–C–C–N with tert-alkyl or cyclic N) is 1. The Kier molecular flexibility index (Phi) is 12.7. The van der Waals surface area contributed by atoms with Gasteiger partial charge in [0.1, 0.15) is 18.5 Å². The van der Waals surface area contributed by atoms with Gasteiger partial charge in [0.15, 0.2) is 0 Å². The first-order valence-electron chi connectivity index (χ1n) is 16.6. The number of thiazole rings is 1. The zero-order valence-electron chi connectivity index (χ0n) is 29.0. The van der Waals surface area contributed by atoms with Crippen LogP contribution in [0.5, 0.6) is 0 Å². The highest BCUT2D eigenvalue weighted by atomic mass is 32.1. The maximum Gasteiger partial charge on any atom is 0.410 e. The van der Waals surface area contributed by atoms with Crippen LogP contribution in [0.25, 0.3) is 10.4 Å². The second-order valence-electron chi connectivity index (χ2n) is 14.6. The maximum absolute atomic E-state index is 13.3. The summed E-state index contributed by atoms with van der Waals surface area (Å²) in [4.78, 5) is 59.1. The van der Waals surface area contributed by atoms with E-state index in [0.717, 1.165) is 34.5 Å². The molecule has 2 fully saturated rings. The van der Waals surface area contributed by atoms with Crippen molar-refractivity contribution in [3.63, 3.8) is 0 Å². The molecule has 0 aliphatic carbocycles. The fourth-order valence-electron chi connectivity index (χ4n) is 6.10. The van der Waals surface area contributed by atoms with E-state index in [9.17, 15) is 24.3 Å². The molecule has 0 bridgehead atoms.